The summed E-state index contributed by atoms with van der Waals surface area (Å²) in [6.07, 6.45) is 0. The molecule has 1 aliphatic heterocycles. The number of fused-ring (bicyclic) bond motifs is 1. The Morgan fingerprint density at radius 2 is 2.50 bits per heavy atom. The first-order valence-electron chi connectivity index (χ1n) is 2.91. The van der Waals surface area contributed by atoms with E-state index < -0.39 is 0 Å². The van der Waals surface area contributed by atoms with Crippen molar-refractivity contribution in [3.8, 4) is 0 Å². The van der Waals surface area contributed by atoms with Crippen LogP contribution in [-0.4, -0.2) is 6.03 Å². The normalized spacial score (nSPS) is 15.4. The Morgan fingerprint density at radius 3 is 3.40 bits per heavy atom. The van der Waals surface area contributed by atoms with Gasteiger partial charge in [-0.25, -0.2) is 4.79 Å². The Bertz CT molecular complexity index is 268. The molecule has 0 aromatic carbocycles. The van der Waals surface area contributed by atoms with Crippen LogP contribution in [-0.2, 0) is 6.54 Å². The average molecular weight is 153 g/mol. The highest BCUT2D eigenvalue weighted by Crippen LogP contribution is 2.22. The zero-order valence-electron chi connectivity index (χ0n) is 5.13. The predicted molar refractivity (Wildman–Crippen MR) is 38.3 cm³/mol. The number of hydrogen-bond acceptors (Lipinski definition) is 2. The van der Waals surface area contributed by atoms with Gasteiger partial charge in [0.25, 0.3) is 0 Å². The summed E-state index contributed by atoms with van der Waals surface area (Å²) in [5.41, 5.74) is 1.94. The number of urea groups is 1. The van der Waals surface area contributed by atoms with Crippen molar-refractivity contribution >= 4 is 23.1 Å². The molecule has 0 aliphatic carbocycles. The molecule has 4 heteroatoms. The lowest BCUT2D eigenvalue weighted by Gasteiger charge is -2.10. The SMILES string of the molecule is O=C1[N]c2cscc2CN1. The molecule has 0 unspecified atom stereocenters. The minimum absolute atomic E-state index is 0.231. The van der Waals surface area contributed by atoms with Gasteiger partial charge in [0.1, 0.15) is 0 Å². The van der Waals surface area contributed by atoms with Crippen molar-refractivity contribution in [1.29, 1.82) is 0 Å². The summed E-state index contributed by atoms with van der Waals surface area (Å²) in [5.74, 6) is 0. The quantitative estimate of drug-likeness (QED) is 0.598. The van der Waals surface area contributed by atoms with Gasteiger partial charge in [-0.3, -0.25) is 0 Å². The van der Waals surface area contributed by atoms with Crippen LogP contribution < -0.4 is 10.6 Å². The van der Waals surface area contributed by atoms with Crippen LogP contribution in [0.25, 0.3) is 0 Å². The molecule has 0 atom stereocenters. The number of nitrogens with one attached hydrogen (secondary N) is 1. The van der Waals surface area contributed by atoms with E-state index in [2.05, 4.69) is 10.6 Å². The summed E-state index contributed by atoms with van der Waals surface area (Å²) in [7, 11) is 0. The summed E-state index contributed by atoms with van der Waals surface area (Å²) in [5, 5.41) is 10.3. The zero-order chi connectivity index (χ0) is 6.97. The smallest absolute Gasteiger partial charge is 0.332 e. The highest BCUT2D eigenvalue weighted by molar-refractivity contribution is 7.08. The number of amides is 2. The third kappa shape index (κ3) is 0.769. The van der Waals surface area contributed by atoms with Crippen LogP contribution in [0.3, 0.4) is 0 Å². The first-order valence-corrected chi connectivity index (χ1v) is 3.85. The minimum atomic E-state index is -0.231. The molecule has 51 valence electrons. The Hall–Kier alpha value is -1.03. The van der Waals surface area contributed by atoms with Crippen molar-refractivity contribution < 1.29 is 4.79 Å². The molecule has 1 aliphatic rings. The van der Waals surface area contributed by atoms with E-state index in [9.17, 15) is 4.79 Å². The van der Waals surface area contributed by atoms with Gasteiger partial charge in [0.2, 0.25) is 0 Å². The number of thiophene rings is 1. The lowest BCUT2D eigenvalue weighted by molar-refractivity contribution is 0.242. The number of carbonyl (C=O) groups is 1. The molecule has 2 rings (SSSR count). The van der Waals surface area contributed by atoms with Gasteiger partial charge in [-0.15, -0.1) is 11.3 Å². The van der Waals surface area contributed by atoms with E-state index >= 15 is 0 Å². The maximum absolute atomic E-state index is 10.7. The fourth-order valence-corrected chi connectivity index (χ4v) is 1.64. The fraction of sp³-hybridized carbons (Fsp3) is 0.167. The van der Waals surface area contributed by atoms with Crippen LogP contribution >= 0.6 is 11.3 Å². The lowest BCUT2D eigenvalue weighted by Crippen LogP contribution is -2.31. The third-order valence-corrected chi connectivity index (χ3v) is 2.15. The molecular weight excluding hydrogens is 148 g/mol. The fourth-order valence-electron chi connectivity index (χ4n) is 0.867. The van der Waals surface area contributed by atoms with E-state index in [1.807, 2.05) is 10.8 Å². The third-order valence-electron chi connectivity index (χ3n) is 1.37. The maximum Gasteiger partial charge on any atom is 0.341 e. The van der Waals surface area contributed by atoms with Crippen molar-refractivity contribution in [2.75, 3.05) is 0 Å². The average Bonchev–Trinajstić information content (AvgIpc) is 2.33. The minimum Gasteiger partial charge on any atom is -0.332 e. The van der Waals surface area contributed by atoms with Gasteiger partial charge in [-0.2, -0.15) is 5.32 Å². The van der Waals surface area contributed by atoms with E-state index in [0.717, 1.165) is 11.3 Å². The van der Waals surface area contributed by atoms with E-state index in [-0.39, 0.29) is 6.03 Å². The van der Waals surface area contributed by atoms with Gasteiger partial charge in [0.05, 0.1) is 5.69 Å². The van der Waals surface area contributed by atoms with E-state index in [1.54, 1.807) is 11.3 Å². The van der Waals surface area contributed by atoms with Gasteiger partial charge in [0.15, 0.2) is 0 Å². The first kappa shape index (κ1) is 5.73. The van der Waals surface area contributed by atoms with Crippen LogP contribution in [0.4, 0.5) is 10.5 Å². The summed E-state index contributed by atoms with van der Waals surface area (Å²) in [4.78, 5) is 10.7. The van der Waals surface area contributed by atoms with Crippen LogP contribution in [0.2, 0.25) is 0 Å². The molecule has 1 N–H and O–H groups in total. The van der Waals surface area contributed by atoms with Crippen molar-refractivity contribution in [3.63, 3.8) is 0 Å². The molecule has 0 bridgehead atoms. The largest absolute Gasteiger partial charge is 0.341 e. The number of nitrogens with zero attached hydrogens (tertiary/aromatic N) is 1. The summed E-state index contributed by atoms with van der Waals surface area (Å²) in [6.45, 7) is 0.626. The van der Waals surface area contributed by atoms with E-state index in [1.165, 1.54) is 0 Å². The lowest BCUT2D eigenvalue weighted by atomic mass is 10.2. The highest BCUT2D eigenvalue weighted by atomic mass is 32.1. The monoisotopic (exact) mass is 153 g/mol. The molecule has 1 aromatic heterocycles. The summed E-state index contributed by atoms with van der Waals surface area (Å²) >= 11 is 1.57. The molecule has 3 nitrogen and oxygen atoms in total. The van der Waals surface area contributed by atoms with Gasteiger partial charge in [-0.05, 0) is 5.38 Å². The van der Waals surface area contributed by atoms with E-state index in [4.69, 9.17) is 0 Å². The van der Waals surface area contributed by atoms with E-state index in [0.29, 0.717) is 6.54 Å². The molecule has 0 spiro atoms. The molecule has 10 heavy (non-hydrogen) atoms. The maximum atomic E-state index is 10.7. The van der Waals surface area contributed by atoms with Crippen molar-refractivity contribution in [1.82, 2.24) is 10.6 Å². The molecule has 0 saturated carbocycles. The van der Waals surface area contributed by atoms with Gasteiger partial charge < -0.3 is 5.32 Å². The van der Waals surface area contributed by atoms with Crippen LogP contribution in [0.1, 0.15) is 5.56 Å². The van der Waals surface area contributed by atoms with Crippen molar-refractivity contribution in [2.45, 2.75) is 6.54 Å². The first-order chi connectivity index (χ1) is 4.86. The van der Waals surface area contributed by atoms with Crippen LogP contribution in [0.15, 0.2) is 10.8 Å². The summed E-state index contributed by atoms with van der Waals surface area (Å²) < 4.78 is 0. The molecule has 0 fully saturated rings. The summed E-state index contributed by atoms with van der Waals surface area (Å²) in [6, 6.07) is -0.231. The van der Waals surface area contributed by atoms with Gasteiger partial charge >= 0.3 is 6.03 Å². The van der Waals surface area contributed by atoms with Crippen molar-refractivity contribution in [3.05, 3.63) is 16.3 Å². The number of hydrogen-bond donors (Lipinski definition) is 1. The standard InChI is InChI=1S/C6H5N2OS/c9-6-7-1-4-2-10-3-5(4)8-6/h2-3H,1H2,(H,7,9). The topological polar surface area (TPSA) is 43.2 Å². The molecule has 1 aromatic rings. The predicted octanol–water partition coefficient (Wildman–Crippen LogP) is 1.21. The molecule has 2 amide bonds. The Labute approximate surface area is 62.1 Å². The Balaban J connectivity index is 2.39. The Kier molecular flexibility index (Phi) is 1.14. The zero-order valence-corrected chi connectivity index (χ0v) is 5.94. The molecular formula is C6H5N2OS. The van der Waals surface area contributed by atoms with Crippen LogP contribution in [0, 0.1) is 0 Å². The second-order valence-electron chi connectivity index (χ2n) is 2.05. The van der Waals surface area contributed by atoms with Crippen LogP contribution in [0.5, 0.6) is 0 Å². The Morgan fingerprint density at radius 1 is 1.60 bits per heavy atom. The van der Waals surface area contributed by atoms with Gasteiger partial charge in [0, 0.05) is 17.5 Å². The highest BCUT2D eigenvalue weighted by Gasteiger charge is 2.15. The number of carbonyl (C=O) groups excluding carboxylic acids is 1. The second kappa shape index (κ2) is 1.98. The van der Waals surface area contributed by atoms with Gasteiger partial charge in [-0.1, -0.05) is 0 Å². The molecule has 2 heterocycles. The second-order valence-corrected chi connectivity index (χ2v) is 2.80. The molecule has 0 saturated heterocycles. The number of rotatable bonds is 0. The van der Waals surface area contributed by atoms with Crippen molar-refractivity contribution in [2.24, 2.45) is 0 Å². The molecule has 1 radical (unpaired) electrons.